The highest BCUT2D eigenvalue weighted by atomic mass is 19.1. The van der Waals surface area contributed by atoms with Gasteiger partial charge in [0.05, 0.1) is 11.4 Å². The first kappa shape index (κ1) is 26.7. The molecule has 3 nitrogen and oxygen atoms in total. The van der Waals surface area contributed by atoms with E-state index in [4.69, 9.17) is 4.98 Å². The van der Waals surface area contributed by atoms with E-state index in [1.807, 2.05) is 36.4 Å². The summed E-state index contributed by atoms with van der Waals surface area (Å²) in [5.41, 5.74) is 4.61. The van der Waals surface area contributed by atoms with Crippen molar-refractivity contribution in [3.63, 3.8) is 0 Å². The van der Waals surface area contributed by atoms with Gasteiger partial charge < -0.3 is 4.57 Å². The number of rotatable bonds is 13. The van der Waals surface area contributed by atoms with E-state index in [0.29, 0.717) is 18.7 Å². The third kappa shape index (κ3) is 6.92. The summed E-state index contributed by atoms with van der Waals surface area (Å²) in [5, 5.41) is 0. The second kappa shape index (κ2) is 13.3. The Labute approximate surface area is 219 Å². The molecule has 0 spiro atoms. The third-order valence-corrected chi connectivity index (χ3v) is 6.74. The molecule has 0 aliphatic rings. The second-order valence-corrected chi connectivity index (χ2v) is 9.62. The molecule has 0 unspecified atom stereocenters. The van der Waals surface area contributed by atoms with Gasteiger partial charge in [0.2, 0.25) is 0 Å². The van der Waals surface area contributed by atoms with Crippen LogP contribution in [0.15, 0.2) is 78.9 Å². The molecule has 1 aromatic heterocycles. The number of halogens is 2. The van der Waals surface area contributed by atoms with Crippen LogP contribution >= 0.6 is 0 Å². The minimum Gasteiger partial charge on any atom is -0.326 e. The highest BCUT2D eigenvalue weighted by Gasteiger charge is 2.22. The third-order valence-electron chi connectivity index (χ3n) is 6.74. The van der Waals surface area contributed by atoms with Crippen LogP contribution in [0.2, 0.25) is 0 Å². The molecule has 0 radical (unpaired) electrons. The first-order chi connectivity index (χ1) is 18.1. The smallest absolute Gasteiger partial charge is 0.140 e. The Bertz CT molecular complexity index is 1250. The topological polar surface area (TPSA) is 21.1 Å². The van der Waals surface area contributed by atoms with Crippen LogP contribution in [0.3, 0.4) is 0 Å². The predicted octanol–water partition coefficient (Wildman–Crippen LogP) is 8.49. The minimum absolute atomic E-state index is 0.346. The first-order valence-corrected chi connectivity index (χ1v) is 13.5. The van der Waals surface area contributed by atoms with Gasteiger partial charge in [0.15, 0.2) is 0 Å². The van der Waals surface area contributed by atoms with Crippen LogP contribution in [0.1, 0.15) is 57.2 Å². The monoisotopic (exact) mass is 501 g/mol. The lowest BCUT2D eigenvalue weighted by atomic mass is 10.1. The van der Waals surface area contributed by atoms with Crippen LogP contribution in [-0.4, -0.2) is 21.0 Å². The number of nitrogens with zero attached hydrogens (tertiary/aromatic N) is 3. The molecule has 0 saturated heterocycles. The quantitative estimate of drug-likeness (QED) is 0.171. The number of aromatic nitrogens is 2. The Morgan fingerprint density at radius 3 is 2.11 bits per heavy atom. The molecule has 0 N–H and O–H groups in total. The lowest BCUT2D eigenvalue weighted by Crippen LogP contribution is -2.26. The summed E-state index contributed by atoms with van der Waals surface area (Å²) >= 11 is 0. The largest absolute Gasteiger partial charge is 0.326 e. The first-order valence-electron chi connectivity index (χ1n) is 13.5. The molecule has 0 saturated carbocycles. The summed E-state index contributed by atoms with van der Waals surface area (Å²) in [6.45, 7) is 6.97. The fourth-order valence-electron chi connectivity index (χ4n) is 4.76. The molecular formula is C32H37F2N3. The highest BCUT2D eigenvalue weighted by Crippen LogP contribution is 2.31. The molecule has 0 bridgehead atoms. The Hall–Kier alpha value is -3.31. The van der Waals surface area contributed by atoms with Gasteiger partial charge in [-0.1, -0.05) is 93.8 Å². The van der Waals surface area contributed by atoms with E-state index in [0.717, 1.165) is 73.5 Å². The van der Waals surface area contributed by atoms with Crippen molar-refractivity contribution in [2.75, 3.05) is 6.54 Å². The molecule has 0 fully saturated rings. The second-order valence-electron chi connectivity index (χ2n) is 9.62. The number of hydrogen-bond donors (Lipinski definition) is 0. The van der Waals surface area contributed by atoms with E-state index in [1.54, 1.807) is 0 Å². The molecule has 4 aromatic rings. The van der Waals surface area contributed by atoms with E-state index in [1.165, 1.54) is 18.2 Å². The average molecular weight is 502 g/mol. The van der Waals surface area contributed by atoms with Crippen molar-refractivity contribution in [1.29, 1.82) is 0 Å². The van der Waals surface area contributed by atoms with Crippen molar-refractivity contribution in [2.45, 2.75) is 65.6 Å². The van der Waals surface area contributed by atoms with Gasteiger partial charge in [-0.2, -0.15) is 0 Å². The molecule has 4 rings (SSSR count). The van der Waals surface area contributed by atoms with Crippen LogP contribution in [-0.2, 0) is 19.6 Å². The number of benzene rings is 3. The van der Waals surface area contributed by atoms with Crippen molar-refractivity contribution < 1.29 is 8.78 Å². The summed E-state index contributed by atoms with van der Waals surface area (Å²) in [7, 11) is 0. The summed E-state index contributed by atoms with van der Waals surface area (Å²) in [6.07, 6.45) is 5.34. The maximum absolute atomic E-state index is 14.6. The fourth-order valence-corrected chi connectivity index (χ4v) is 4.76. The van der Waals surface area contributed by atoms with Crippen molar-refractivity contribution in [3.8, 4) is 22.6 Å². The molecule has 1 heterocycles. The van der Waals surface area contributed by atoms with E-state index < -0.39 is 5.82 Å². The zero-order valence-corrected chi connectivity index (χ0v) is 22.0. The van der Waals surface area contributed by atoms with Crippen LogP contribution in [0.5, 0.6) is 0 Å². The molecule has 0 amide bonds. The van der Waals surface area contributed by atoms with E-state index >= 15 is 0 Å². The highest BCUT2D eigenvalue weighted by molar-refractivity contribution is 5.68. The van der Waals surface area contributed by atoms with Crippen molar-refractivity contribution in [1.82, 2.24) is 14.5 Å². The molecule has 3 aromatic carbocycles. The van der Waals surface area contributed by atoms with E-state index in [-0.39, 0.29) is 5.82 Å². The normalized spacial score (nSPS) is 11.4. The molecule has 37 heavy (non-hydrogen) atoms. The zero-order chi connectivity index (χ0) is 26.0. The van der Waals surface area contributed by atoms with Crippen LogP contribution in [0.4, 0.5) is 8.78 Å². The number of imidazole rings is 1. The Morgan fingerprint density at radius 1 is 0.757 bits per heavy atom. The Kier molecular flexibility index (Phi) is 9.61. The Balaban J connectivity index is 1.80. The molecule has 0 aliphatic carbocycles. The predicted molar refractivity (Wildman–Crippen MR) is 148 cm³/mol. The van der Waals surface area contributed by atoms with Gasteiger partial charge in [0.25, 0.3) is 0 Å². The summed E-state index contributed by atoms with van der Waals surface area (Å²) in [4.78, 5) is 7.44. The zero-order valence-electron chi connectivity index (χ0n) is 22.0. The number of unbranched alkanes of at least 4 members (excludes halogenated alkanes) is 3. The molecule has 5 heteroatoms. The fraction of sp³-hybridized carbons (Fsp3) is 0.344. The van der Waals surface area contributed by atoms with Gasteiger partial charge in [0, 0.05) is 36.3 Å². The molecular weight excluding hydrogens is 464 g/mol. The average Bonchev–Trinajstić information content (AvgIpc) is 3.28. The van der Waals surface area contributed by atoms with E-state index in [9.17, 15) is 8.78 Å². The van der Waals surface area contributed by atoms with Crippen molar-refractivity contribution in [2.24, 2.45) is 0 Å². The van der Waals surface area contributed by atoms with Gasteiger partial charge in [0.1, 0.15) is 17.5 Å². The van der Waals surface area contributed by atoms with Gasteiger partial charge in [-0.05, 0) is 37.6 Å². The minimum atomic E-state index is -0.409. The van der Waals surface area contributed by atoms with Crippen molar-refractivity contribution >= 4 is 0 Å². The van der Waals surface area contributed by atoms with Crippen LogP contribution in [0.25, 0.3) is 22.6 Å². The number of hydrogen-bond acceptors (Lipinski definition) is 2. The van der Waals surface area contributed by atoms with Gasteiger partial charge in [-0.3, -0.25) is 4.90 Å². The summed E-state index contributed by atoms with van der Waals surface area (Å²) < 4.78 is 31.0. The molecule has 194 valence electrons. The van der Waals surface area contributed by atoms with Gasteiger partial charge in [-0.25, -0.2) is 13.8 Å². The maximum atomic E-state index is 14.6. The summed E-state index contributed by atoms with van der Waals surface area (Å²) in [5.74, 6) is 0.179. The van der Waals surface area contributed by atoms with Crippen LogP contribution < -0.4 is 0 Å². The molecule has 0 atom stereocenters. The Morgan fingerprint density at radius 2 is 1.43 bits per heavy atom. The SMILES string of the molecule is CCCCCn1c(-c2ccccc2)nc(-c2ccccc2)c1CN(CCCC)Cc1cc(F)ccc1F. The van der Waals surface area contributed by atoms with Gasteiger partial charge >= 0.3 is 0 Å². The summed E-state index contributed by atoms with van der Waals surface area (Å²) in [6, 6.07) is 24.3. The maximum Gasteiger partial charge on any atom is 0.140 e. The van der Waals surface area contributed by atoms with E-state index in [2.05, 4.69) is 47.6 Å². The van der Waals surface area contributed by atoms with Crippen LogP contribution in [0, 0.1) is 11.6 Å². The standard InChI is InChI=1S/C32H37F2N3/c1-3-5-13-21-37-30(24-36(20-6-4-2)23-27-22-28(33)18-19-29(27)34)31(25-14-9-7-10-15-25)35-32(37)26-16-11-8-12-17-26/h7-12,14-19,22H,3-6,13,20-21,23-24H2,1-2H3. The molecule has 0 aliphatic heterocycles. The van der Waals surface area contributed by atoms with Crippen molar-refractivity contribution in [3.05, 3.63) is 102 Å². The lowest BCUT2D eigenvalue weighted by Gasteiger charge is -2.24. The lowest BCUT2D eigenvalue weighted by molar-refractivity contribution is 0.242. The van der Waals surface area contributed by atoms with Gasteiger partial charge in [-0.15, -0.1) is 0 Å².